The number of rotatable bonds is 50. The smallest absolute Gasteiger partial charge is 0.329 e. The number of methoxy groups -OCH3 is 10. The van der Waals surface area contributed by atoms with E-state index in [1.165, 1.54) is 60.9 Å². The van der Waals surface area contributed by atoms with E-state index in [-0.39, 0.29) is 84.2 Å². The van der Waals surface area contributed by atoms with Crippen molar-refractivity contribution in [2.24, 2.45) is 0 Å². The Kier molecular flexibility index (Phi) is 63.1. The zero-order chi connectivity index (χ0) is 112. The molecule has 0 unspecified atom stereocenters. The van der Waals surface area contributed by atoms with Gasteiger partial charge in [0.25, 0.3) is 0 Å². The van der Waals surface area contributed by atoms with E-state index >= 15 is 0 Å². The molecule has 0 heterocycles. The molecule has 0 aliphatic carbocycles. The summed E-state index contributed by atoms with van der Waals surface area (Å²) in [6.45, 7) is 20.7. The summed E-state index contributed by atoms with van der Waals surface area (Å²) < 4.78 is 75.5. The monoisotopic (exact) mass is 2200 g/mol. The van der Waals surface area contributed by atoms with Crippen LogP contribution in [0.25, 0.3) is 0 Å². The molecule has 0 bridgehead atoms. The summed E-state index contributed by atoms with van der Waals surface area (Å²) in [6.07, 6.45) is 8.41. The van der Waals surface area contributed by atoms with E-state index in [1.807, 2.05) is 72.7 Å². The van der Waals surface area contributed by atoms with E-state index in [1.54, 1.807) is 228 Å². The zero-order valence-corrected chi connectivity index (χ0v) is 93.3. The molecule has 34 nitrogen and oxygen atoms in total. The van der Waals surface area contributed by atoms with Crippen molar-refractivity contribution >= 4 is 175 Å². The summed E-state index contributed by atoms with van der Waals surface area (Å²) in [6, 6.07) is 48.5. The molecule has 0 aromatic heterocycles. The minimum Gasteiger partial charge on any atom is -0.497 e. The highest BCUT2D eigenvalue weighted by Crippen LogP contribution is 2.34. The van der Waals surface area contributed by atoms with Gasteiger partial charge < -0.3 is 106 Å². The molecule has 0 aliphatic heterocycles. The quantitative estimate of drug-likeness (QED) is 0.0210. The van der Waals surface area contributed by atoms with Crippen molar-refractivity contribution in [1.29, 1.82) is 0 Å². The number of carbonyl (C=O) groups excluding carboxylic acids is 12. The fourth-order valence-electron chi connectivity index (χ4n) is 14.4. The molecule has 0 spiro atoms. The first-order chi connectivity index (χ1) is 71.6. The van der Waals surface area contributed by atoms with Crippen LogP contribution in [-0.2, 0) is 128 Å². The van der Waals surface area contributed by atoms with Crippen LogP contribution in [-0.4, -0.2) is 250 Å². The Bertz CT molecular complexity index is 5530. The fraction of sp³-hybridized carbons (Fsp3) is 0.418. The number of aliphatic hydroxyl groups is 1. The predicted molar refractivity (Wildman–Crippen MR) is 582 cm³/mol. The molecule has 6 atom stereocenters. The number of nitrogens with zero attached hydrogens (tertiary/aromatic N) is 6. The summed E-state index contributed by atoms with van der Waals surface area (Å²) >= 11 is 35.5. The normalized spacial score (nSPS) is 11.6. The van der Waals surface area contributed by atoms with Gasteiger partial charge in [-0.1, -0.05) is 134 Å². The van der Waals surface area contributed by atoms with Crippen LogP contribution in [0.1, 0.15) is 131 Å². The number of esters is 12. The number of anilines is 6. The van der Waals surface area contributed by atoms with Gasteiger partial charge in [-0.15, -0.1) is 0 Å². The number of hydrogen-bond donors (Lipinski definition) is 1. The summed E-state index contributed by atoms with van der Waals surface area (Å²) in [5.74, 6) is -3.29. The minimum absolute atomic E-state index is 0.0323. The molecule has 0 aliphatic rings. The molecule has 0 fully saturated rings. The molecular formula is C110H140Cl6N6O28. The van der Waals surface area contributed by atoms with Crippen molar-refractivity contribution in [3.8, 4) is 17.2 Å². The molecule has 0 amide bonds. The van der Waals surface area contributed by atoms with Crippen LogP contribution in [0, 0.1) is 6.92 Å². The van der Waals surface area contributed by atoms with E-state index in [0.717, 1.165) is 35.3 Å². The molecule has 8 aromatic rings. The first-order valence-corrected chi connectivity index (χ1v) is 50.1. The summed E-state index contributed by atoms with van der Waals surface area (Å²) in [5.41, 5.74) is 9.05. The summed E-state index contributed by atoms with van der Waals surface area (Å²) in [7, 11) is 13.9. The van der Waals surface area contributed by atoms with Crippen molar-refractivity contribution in [3.05, 3.63) is 252 Å². The molecule has 0 saturated carbocycles. The Balaban J connectivity index is 0.000000465. The van der Waals surface area contributed by atoms with Gasteiger partial charge in [-0.25, -0.2) is 28.8 Å². The highest BCUT2D eigenvalue weighted by atomic mass is 35.5. The lowest BCUT2D eigenvalue weighted by Gasteiger charge is -2.30. The van der Waals surface area contributed by atoms with Gasteiger partial charge >= 0.3 is 71.6 Å². The van der Waals surface area contributed by atoms with Gasteiger partial charge in [0.15, 0.2) is 11.5 Å². The third kappa shape index (κ3) is 46.5. The van der Waals surface area contributed by atoms with Gasteiger partial charge in [-0.05, 0) is 279 Å². The highest BCUT2D eigenvalue weighted by molar-refractivity contribution is 6.32. The standard InChI is InChI=1S/C23H28ClNO6.C23H32ClNO4.C20H22ClNO5.C15H20ClNO5.C15H20ClNO4.C14H18ClNO4/c1-6-19(23(27)30-5)25(18-9-7-17(24)8-10-18)13-21(26)31-14-16-11-15(2)22(29-4)20(12-16)28-3;1-6-21(23(27)29-15-14-18(4)9-7-8-17(2)3)25(16-22(26)28-5)20-12-10-19(24)11-13-20;1-14(20(24)26-3)22(17-8-6-16(21)7-9-17)12-19(23)27-13-15-4-10-18(25-2)11-5-15;1-3-13(15(20)22-9-8-18)17(10-14(19)21-2)12-6-4-11(16)5-7-12;1-4-13(15(19)21-5-2)17(10-14(18)20-3)12-8-6-11(16)7-9-12;1-4-12(14(18)20-3)16(9-13(17)19-2)11-7-5-10(15)6-8-11/h7-12,19H,6,13-14H2,1-5H3;8,10-14,21H,6-7,9,15-16H2,1-5H3;4-11,14H,12-13H2,1-3H3;4-7,13,18H,3,8-10H2,1-2H3;6-9,13H,4-5,10H2,1-3H3;5-8,12H,4,9H2,1-3H3/b;18-14+;;;;/t19-;21-;14-;2*13-;12-/m111111/s1. The molecule has 0 saturated heterocycles. The number of ether oxygens (including phenoxy) is 15. The lowest BCUT2D eigenvalue weighted by molar-refractivity contribution is -0.147. The lowest BCUT2D eigenvalue weighted by atomic mass is 10.1. The van der Waals surface area contributed by atoms with Gasteiger partial charge in [-0.2, -0.15) is 0 Å². The highest BCUT2D eigenvalue weighted by Gasteiger charge is 2.35. The second-order valence-electron chi connectivity index (χ2n) is 32.8. The van der Waals surface area contributed by atoms with Crippen molar-refractivity contribution in [2.45, 2.75) is 171 Å². The van der Waals surface area contributed by atoms with Gasteiger partial charge in [-0.3, -0.25) is 28.8 Å². The Morgan fingerprint density at radius 2 is 0.627 bits per heavy atom. The van der Waals surface area contributed by atoms with Crippen LogP contribution in [0.4, 0.5) is 34.1 Å². The Hall–Kier alpha value is -13.2. The Morgan fingerprint density at radius 3 is 0.913 bits per heavy atom. The molecular weight excluding hydrogens is 2070 g/mol. The Morgan fingerprint density at radius 1 is 0.327 bits per heavy atom. The Labute approximate surface area is 909 Å². The number of benzene rings is 8. The average molecular weight is 2210 g/mol. The average Bonchev–Trinajstić information content (AvgIpc) is 0.843. The van der Waals surface area contributed by atoms with E-state index in [4.69, 9.17) is 136 Å². The molecule has 150 heavy (non-hydrogen) atoms. The molecule has 40 heteroatoms. The predicted octanol–water partition coefficient (Wildman–Crippen LogP) is 19.5. The number of carbonyl (C=O) groups is 12. The van der Waals surface area contributed by atoms with Crippen LogP contribution in [0.3, 0.4) is 0 Å². The maximum atomic E-state index is 12.7. The molecule has 8 aromatic carbocycles. The van der Waals surface area contributed by atoms with E-state index in [9.17, 15) is 57.5 Å². The maximum Gasteiger partial charge on any atom is 0.329 e. The molecule has 8 rings (SSSR count). The fourth-order valence-corrected chi connectivity index (χ4v) is 15.1. The second kappa shape index (κ2) is 72.2. The van der Waals surface area contributed by atoms with Crippen LogP contribution in [0.5, 0.6) is 17.2 Å². The first kappa shape index (κ1) is 131. The number of halogens is 6. The third-order valence-corrected chi connectivity index (χ3v) is 23.8. The SMILES string of the molecule is CCOC(=O)[C@@H](CC)N(CC(=O)OC)c1ccc(Cl)cc1.CC[C@H](C(=O)OC)N(CC(=O)OC)c1ccc(Cl)cc1.CC[C@H](C(=O)OC)N(CC(=O)OCc1cc(C)c(OC)c(OC)c1)c1ccc(Cl)cc1.CC[C@H](C(=O)OC/C=C(\C)CCC=C(C)C)N(CC(=O)OC)c1ccc(Cl)cc1.CC[C@H](C(=O)OCCO)N(CC(=O)OC)c1ccc(Cl)cc1.COC(=O)[C@@H](C)N(CC(=O)OCc1ccc(OC)cc1)c1ccc(Cl)cc1. The first-order valence-electron chi connectivity index (χ1n) is 47.8. The van der Waals surface area contributed by atoms with Crippen molar-refractivity contribution in [1.82, 2.24) is 0 Å². The van der Waals surface area contributed by atoms with Crippen molar-refractivity contribution in [3.63, 3.8) is 0 Å². The van der Waals surface area contributed by atoms with E-state index in [2.05, 4.69) is 29.4 Å². The van der Waals surface area contributed by atoms with E-state index < -0.39 is 95.9 Å². The molecule has 820 valence electrons. The number of hydrogen-bond acceptors (Lipinski definition) is 34. The van der Waals surface area contributed by atoms with Gasteiger partial charge in [0, 0.05) is 64.3 Å². The van der Waals surface area contributed by atoms with Crippen LogP contribution in [0.2, 0.25) is 30.1 Å². The zero-order valence-electron chi connectivity index (χ0n) is 88.8. The largest absolute Gasteiger partial charge is 0.497 e. The second-order valence-corrected chi connectivity index (χ2v) is 35.4. The van der Waals surface area contributed by atoms with E-state index in [0.29, 0.717) is 114 Å². The minimum atomic E-state index is -0.662. The number of allylic oxidation sites excluding steroid dienone is 3. The van der Waals surface area contributed by atoms with Crippen LogP contribution in [0.15, 0.2) is 205 Å². The number of aryl methyl sites for hydroxylation is 1. The maximum absolute atomic E-state index is 12.7. The van der Waals surface area contributed by atoms with Gasteiger partial charge in [0.05, 0.1) is 84.3 Å². The molecule has 1 N–H and O–H groups in total. The van der Waals surface area contributed by atoms with Crippen molar-refractivity contribution in [2.75, 3.05) is 166 Å². The summed E-state index contributed by atoms with van der Waals surface area (Å²) in [5, 5.41) is 12.2. The van der Waals surface area contributed by atoms with Crippen LogP contribution >= 0.6 is 69.6 Å². The lowest BCUT2D eigenvalue weighted by Crippen LogP contribution is -2.45. The van der Waals surface area contributed by atoms with Crippen molar-refractivity contribution < 1.29 is 134 Å². The number of aliphatic hydroxyl groups excluding tert-OH is 1. The van der Waals surface area contributed by atoms with Crippen LogP contribution < -0.4 is 43.6 Å². The van der Waals surface area contributed by atoms with Gasteiger partial charge in [0.2, 0.25) is 0 Å². The molecule has 0 radical (unpaired) electrons. The van der Waals surface area contributed by atoms with Gasteiger partial charge in [0.1, 0.15) is 108 Å². The topological polar surface area (TPSA) is 383 Å². The summed E-state index contributed by atoms with van der Waals surface area (Å²) in [4.78, 5) is 155. The third-order valence-electron chi connectivity index (χ3n) is 22.3.